The molecule has 1 atom stereocenters. The van der Waals surface area contributed by atoms with E-state index in [4.69, 9.17) is 0 Å². The summed E-state index contributed by atoms with van der Waals surface area (Å²) in [4.78, 5) is 14.0. The van der Waals surface area contributed by atoms with Gasteiger partial charge in [-0.05, 0) is 37.5 Å². The highest BCUT2D eigenvalue weighted by atomic mass is 32.1. The van der Waals surface area contributed by atoms with Crippen molar-refractivity contribution < 1.29 is 0 Å². The van der Waals surface area contributed by atoms with Crippen LogP contribution in [0, 0.1) is 6.92 Å². The van der Waals surface area contributed by atoms with Crippen LogP contribution in [0.15, 0.2) is 29.9 Å². The zero-order valence-corrected chi connectivity index (χ0v) is 13.9. The Labute approximate surface area is 135 Å². The first-order valence-electron chi connectivity index (χ1n) is 8.01. The average Bonchev–Trinajstić information content (AvgIpc) is 3.13. The molecule has 5 heteroatoms. The Balaban J connectivity index is 1.39. The number of hydrogen-bond acceptors (Lipinski definition) is 5. The van der Waals surface area contributed by atoms with E-state index in [1.807, 2.05) is 12.4 Å². The van der Waals surface area contributed by atoms with Crippen molar-refractivity contribution in [1.29, 1.82) is 0 Å². The van der Waals surface area contributed by atoms with Gasteiger partial charge in [0.1, 0.15) is 0 Å². The Morgan fingerprint density at radius 2 is 2.00 bits per heavy atom. The van der Waals surface area contributed by atoms with Crippen molar-refractivity contribution in [3.05, 3.63) is 46.2 Å². The summed E-state index contributed by atoms with van der Waals surface area (Å²) in [6, 6.07) is 4.25. The van der Waals surface area contributed by atoms with E-state index in [2.05, 4.69) is 44.2 Å². The first kappa shape index (κ1) is 14.3. The predicted octanol–water partition coefficient (Wildman–Crippen LogP) is 2.70. The maximum Gasteiger partial charge on any atom is 0.0897 e. The molecule has 116 valence electrons. The molecule has 2 aliphatic heterocycles. The lowest BCUT2D eigenvalue weighted by Gasteiger charge is -2.50. The lowest BCUT2D eigenvalue weighted by atomic mass is 9.83. The first-order valence-corrected chi connectivity index (χ1v) is 8.89. The molecule has 0 amide bonds. The Hall–Kier alpha value is -1.30. The normalized spacial score (nSPS) is 25.7. The van der Waals surface area contributed by atoms with E-state index < -0.39 is 0 Å². The Kier molecular flexibility index (Phi) is 3.72. The molecule has 4 heterocycles. The molecule has 1 spiro atoms. The van der Waals surface area contributed by atoms with E-state index in [9.17, 15) is 0 Å². The molecule has 0 N–H and O–H groups in total. The minimum atomic E-state index is 0.407. The fourth-order valence-corrected chi connectivity index (χ4v) is 4.40. The van der Waals surface area contributed by atoms with Gasteiger partial charge >= 0.3 is 0 Å². The van der Waals surface area contributed by atoms with Gasteiger partial charge in [0.05, 0.1) is 10.7 Å². The fraction of sp³-hybridized carbons (Fsp3) is 0.529. The molecule has 2 saturated heterocycles. The molecule has 22 heavy (non-hydrogen) atoms. The van der Waals surface area contributed by atoms with Crippen LogP contribution >= 0.6 is 11.3 Å². The molecule has 0 bridgehead atoms. The Bertz CT molecular complexity index is 641. The SMILES string of the molecule is Cc1nc(CN2CCC23CCN(Cc2ccncc2)C3)cs1. The Morgan fingerprint density at radius 3 is 2.68 bits per heavy atom. The van der Waals surface area contributed by atoms with Crippen molar-refractivity contribution in [3.8, 4) is 0 Å². The number of nitrogens with zero attached hydrogens (tertiary/aromatic N) is 4. The number of rotatable bonds is 4. The summed E-state index contributed by atoms with van der Waals surface area (Å²) in [5.41, 5.74) is 3.02. The summed E-state index contributed by atoms with van der Waals surface area (Å²) in [6.07, 6.45) is 6.41. The van der Waals surface area contributed by atoms with Gasteiger partial charge in [0.15, 0.2) is 0 Å². The minimum absolute atomic E-state index is 0.407. The third-order valence-corrected chi connectivity index (χ3v) is 5.93. The zero-order valence-electron chi connectivity index (χ0n) is 13.0. The van der Waals surface area contributed by atoms with Gasteiger partial charge in [0.25, 0.3) is 0 Å². The maximum absolute atomic E-state index is 4.63. The summed E-state index contributed by atoms with van der Waals surface area (Å²) < 4.78 is 0. The lowest BCUT2D eigenvalue weighted by Crippen LogP contribution is -2.60. The maximum atomic E-state index is 4.63. The third kappa shape index (κ3) is 2.69. The van der Waals surface area contributed by atoms with E-state index in [1.165, 1.54) is 48.7 Å². The summed E-state index contributed by atoms with van der Waals surface area (Å²) in [6.45, 7) is 7.78. The van der Waals surface area contributed by atoms with Crippen LogP contribution in [0.3, 0.4) is 0 Å². The fourth-order valence-electron chi connectivity index (χ4n) is 3.79. The molecular weight excluding hydrogens is 292 g/mol. The van der Waals surface area contributed by atoms with Crippen molar-refractivity contribution in [2.24, 2.45) is 0 Å². The van der Waals surface area contributed by atoms with Gasteiger partial charge in [-0.15, -0.1) is 11.3 Å². The minimum Gasteiger partial charge on any atom is -0.297 e. The monoisotopic (exact) mass is 314 g/mol. The average molecular weight is 314 g/mol. The molecule has 2 aromatic rings. The molecule has 0 aromatic carbocycles. The summed E-state index contributed by atoms with van der Waals surface area (Å²) in [5, 5.41) is 3.39. The van der Waals surface area contributed by atoms with Gasteiger partial charge in [-0.1, -0.05) is 0 Å². The van der Waals surface area contributed by atoms with Crippen LogP contribution in [0.5, 0.6) is 0 Å². The number of aryl methyl sites for hydroxylation is 1. The smallest absolute Gasteiger partial charge is 0.0897 e. The van der Waals surface area contributed by atoms with Crippen LogP contribution in [-0.4, -0.2) is 44.9 Å². The molecule has 4 rings (SSSR count). The van der Waals surface area contributed by atoms with Crippen LogP contribution < -0.4 is 0 Å². The van der Waals surface area contributed by atoms with Crippen LogP contribution in [0.1, 0.15) is 29.1 Å². The number of hydrogen-bond donors (Lipinski definition) is 0. The highest BCUT2D eigenvalue weighted by molar-refractivity contribution is 7.09. The molecule has 1 unspecified atom stereocenters. The second kappa shape index (κ2) is 5.72. The van der Waals surface area contributed by atoms with E-state index in [0.717, 1.165) is 13.1 Å². The topological polar surface area (TPSA) is 32.3 Å². The highest BCUT2D eigenvalue weighted by Crippen LogP contribution is 2.40. The number of thiazole rings is 1. The van der Waals surface area contributed by atoms with Crippen molar-refractivity contribution in [2.75, 3.05) is 19.6 Å². The second-order valence-corrected chi connectivity index (χ2v) is 7.63. The molecule has 0 aliphatic carbocycles. The molecule has 0 radical (unpaired) electrons. The van der Waals surface area contributed by atoms with Gasteiger partial charge in [0.2, 0.25) is 0 Å². The van der Waals surface area contributed by atoms with Crippen molar-refractivity contribution in [3.63, 3.8) is 0 Å². The molecule has 2 aromatic heterocycles. The van der Waals surface area contributed by atoms with Gasteiger partial charge in [-0.3, -0.25) is 14.8 Å². The summed E-state index contributed by atoms with van der Waals surface area (Å²) >= 11 is 1.76. The van der Waals surface area contributed by atoms with E-state index >= 15 is 0 Å². The van der Waals surface area contributed by atoms with Gasteiger partial charge in [-0.25, -0.2) is 4.98 Å². The van der Waals surface area contributed by atoms with Crippen LogP contribution in [0.25, 0.3) is 0 Å². The Morgan fingerprint density at radius 1 is 1.18 bits per heavy atom. The molecule has 4 nitrogen and oxygen atoms in total. The predicted molar refractivity (Wildman–Crippen MR) is 88.7 cm³/mol. The highest BCUT2D eigenvalue weighted by Gasteiger charge is 2.48. The standard InChI is InChI=1S/C17H22N4S/c1-14-19-16(12-22-14)11-21-9-5-17(21)4-8-20(13-17)10-15-2-6-18-7-3-15/h2-3,6-7,12H,4-5,8-11,13H2,1H3. The van der Waals surface area contributed by atoms with Crippen molar-refractivity contribution in [2.45, 2.75) is 38.4 Å². The third-order valence-electron chi connectivity index (χ3n) is 5.10. The van der Waals surface area contributed by atoms with Crippen LogP contribution in [0.2, 0.25) is 0 Å². The number of likely N-dealkylation sites (tertiary alicyclic amines) is 2. The first-order chi connectivity index (χ1) is 10.7. The van der Waals surface area contributed by atoms with Gasteiger partial charge in [0, 0.05) is 56.0 Å². The van der Waals surface area contributed by atoms with Gasteiger partial charge in [-0.2, -0.15) is 0 Å². The quantitative estimate of drug-likeness (QED) is 0.868. The molecule has 2 aliphatic rings. The van der Waals surface area contributed by atoms with E-state index in [1.54, 1.807) is 11.3 Å². The van der Waals surface area contributed by atoms with Crippen molar-refractivity contribution in [1.82, 2.24) is 19.8 Å². The van der Waals surface area contributed by atoms with E-state index in [0.29, 0.717) is 5.54 Å². The van der Waals surface area contributed by atoms with Crippen LogP contribution in [0.4, 0.5) is 0 Å². The number of pyridine rings is 1. The zero-order chi connectivity index (χ0) is 15.0. The summed E-state index contributed by atoms with van der Waals surface area (Å²) in [5.74, 6) is 0. The van der Waals surface area contributed by atoms with Crippen molar-refractivity contribution >= 4 is 11.3 Å². The number of aromatic nitrogens is 2. The molecule has 0 saturated carbocycles. The largest absolute Gasteiger partial charge is 0.297 e. The molecule has 2 fully saturated rings. The van der Waals surface area contributed by atoms with Gasteiger partial charge < -0.3 is 0 Å². The lowest BCUT2D eigenvalue weighted by molar-refractivity contribution is -0.0154. The second-order valence-electron chi connectivity index (χ2n) is 6.57. The van der Waals surface area contributed by atoms with E-state index in [-0.39, 0.29) is 0 Å². The van der Waals surface area contributed by atoms with Crippen LogP contribution in [-0.2, 0) is 13.1 Å². The molecular formula is C17H22N4S. The summed E-state index contributed by atoms with van der Waals surface area (Å²) in [7, 11) is 0.